The van der Waals surface area contributed by atoms with E-state index < -0.39 is 9.84 Å². The predicted molar refractivity (Wildman–Crippen MR) is 105 cm³/mol. The molecule has 1 aromatic carbocycles. The molecule has 0 saturated carbocycles. The number of rotatable bonds is 4. The minimum absolute atomic E-state index is 0.00692. The average Bonchev–Trinajstić information content (AvgIpc) is 2.95. The lowest BCUT2D eigenvalue weighted by Gasteiger charge is -2.23. The second-order valence-electron chi connectivity index (χ2n) is 7.13. The van der Waals surface area contributed by atoms with Gasteiger partial charge in [0.15, 0.2) is 9.84 Å². The smallest absolute Gasteiger partial charge is 0.272 e. The first-order valence-electron chi connectivity index (χ1n) is 8.82. The van der Waals surface area contributed by atoms with Gasteiger partial charge in [-0.15, -0.1) is 0 Å². The summed E-state index contributed by atoms with van der Waals surface area (Å²) in [6.07, 6.45) is 0.461. The van der Waals surface area contributed by atoms with Crippen LogP contribution in [0.4, 0.5) is 11.6 Å². The molecule has 0 bridgehead atoms. The fourth-order valence-electron chi connectivity index (χ4n) is 3.24. The highest BCUT2D eigenvalue weighted by Crippen LogP contribution is 2.21. The van der Waals surface area contributed by atoms with E-state index in [9.17, 15) is 13.2 Å². The van der Waals surface area contributed by atoms with Gasteiger partial charge in [0, 0.05) is 24.5 Å². The van der Waals surface area contributed by atoms with E-state index in [0.29, 0.717) is 18.1 Å². The van der Waals surface area contributed by atoms with Crippen LogP contribution in [-0.4, -0.2) is 53.8 Å². The van der Waals surface area contributed by atoms with Gasteiger partial charge >= 0.3 is 0 Å². The van der Waals surface area contributed by atoms with Crippen LogP contribution in [0.25, 0.3) is 0 Å². The molecule has 1 fully saturated rings. The van der Waals surface area contributed by atoms with Crippen molar-refractivity contribution in [3.63, 3.8) is 0 Å². The Kier molecular flexibility index (Phi) is 5.19. The zero-order chi connectivity index (χ0) is 19.8. The Morgan fingerprint density at radius 2 is 1.93 bits per heavy atom. The van der Waals surface area contributed by atoms with Gasteiger partial charge in [0.1, 0.15) is 5.69 Å². The molecule has 0 aliphatic carbocycles. The van der Waals surface area contributed by atoms with Crippen molar-refractivity contribution in [3.05, 3.63) is 46.8 Å². The van der Waals surface area contributed by atoms with Crippen molar-refractivity contribution < 1.29 is 13.2 Å². The third-order valence-corrected chi connectivity index (χ3v) is 6.53. The number of hydrogen-bond donors (Lipinski definition) is 1. The van der Waals surface area contributed by atoms with E-state index in [0.717, 1.165) is 16.8 Å². The van der Waals surface area contributed by atoms with Crippen molar-refractivity contribution in [1.82, 2.24) is 14.9 Å². The summed E-state index contributed by atoms with van der Waals surface area (Å²) in [4.78, 5) is 23.0. The number of sulfone groups is 1. The number of hydrogen-bond acceptors (Lipinski definition) is 6. The van der Waals surface area contributed by atoms with E-state index in [4.69, 9.17) is 0 Å². The molecule has 1 atom stereocenters. The third-order valence-electron chi connectivity index (χ3n) is 4.78. The van der Waals surface area contributed by atoms with Crippen LogP contribution in [0, 0.1) is 20.8 Å². The SMILES string of the molecule is Cc1ccc(Nc2nc(C)cc(C(=O)N(C)C3CCS(=O)(=O)C3)n2)c(C)c1. The van der Waals surface area contributed by atoms with Gasteiger partial charge in [0.05, 0.1) is 11.5 Å². The van der Waals surface area contributed by atoms with E-state index >= 15 is 0 Å². The minimum atomic E-state index is -3.06. The standard InChI is InChI=1S/C19H24N4O3S/c1-12-5-6-16(13(2)9-12)21-19-20-14(3)10-17(22-19)18(24)23(4)15-7-8-27(25,26)11-15/h5-6,9-10,15H,7-8,11H2,1-4H3,(H,20,21,22). The highest BCUT2D eigenvalue weighted by Gasteiger charge is 2.33. The van der Waals surface area contributed by atoms with Crippen LogP contribution >= 0.6 is 0 Å². The van der Waals surface area contributed by atoms with Gasteiger partial charge in [0.25, 0.3) is 5.91 Å². The molecule has 144 valence electrons. The lowest BCUT2D eigenvalue weighted by atomic mass is 10.1. The molecule has 7 nitrogen and oxygen atoms in total. The van der Waals surface area contributed by atoms with Crippen LogP contribution in [0.15, 0.2) is 24.3 Å². The second kappa shape index (κ2) is 7.26. The van der Waals surface area contributed by atoms with Crippen LogP contribution in [0.1, 0.15) is 33.7 Å². The number of aromatic nitrogens is 2. The highest BCUT2D eigenvalue weighted by molar-refractivity contribution is 7.91. The van der Waals surface area contributed by atoms with Crippen molar-refractivity contribution >= 4 is 27.4 Å². The Morgan fingerprint density at radius 3 is 2.56 bits per heavy atom. The number of anilines is 2. The first-order chi connectivity index (χ1) is 12.6. The van der Waals surface area contributed by atoms with Crippen LogP contribution in [0.5, 0.6) is 0 Å². The van der Waals surface area contributed by atoms with Gasteiger partial charge in [-0.25, -0.2) is 18.4 Å². The lowest BCUT2D eigenvalue weighted by Crippen LogP contribution is -2.38. The second-order valence-corrected chi connectivity index (χ2v) is 9.36. The summed E-state index contributed by atoms with van der Waals surface area (Å²) >= 11 is 0. The topological polar surface area (TPSA) is 92.3 Å². The average molecular weight is 388 g/mol. The quantitative estimate of drug-likeness (QED) is 0.865. The fourth-order valence-corrected chi connectivity index (χ4v) is 5.01. The molecule has 1 aliphatic heterocycles. The van der Waals surface area contributed by atoms with E-state index in [1.54, 1.807) is 20.0 Å². The molecule has 3 rings (SSSR count). The number of benzene rings is 1. The Morgan fingerprint density at radius 1 is 1.19 bits per heavy atom. The summed E-state index contributed by atoms with van der Waals surface area (Å²) in [7, 11) is -1.43. The Hall–Kier alpha value is -2.48. The predicted octanol–water partition coefficient (Wildman–Crippen LogP) is 2.40. The molecule has 1 N–H and O–H groups in total. The van der Waals surface area contributed by atoms with E-state index in [2.05, 4.69) is 21.4 Å². The summed E-state index contributed by atoms with van der Waals surface area (Å²) < 4.78 is 23.4. The van der Waals surface area contributed by atoms with Gasteiger partial charge in [-0.1, -0.05) is 17.7 Å². The van der Waals surface area contributed by atoms with Gasteiger partial charge in [-0.3, -0.25) is 4.79 Å². The molecule has 2 heterocycles. The fraction of sp³-hybridized carbons (Fsp3) is 0.421. The molecule has 8 heteroatoms. The van der Waals surface area contributed by atoms with E-state index in [1.807, 2.05) is 26.0 Å². The summed E-state index contributed by atoms with van der Waals surface area (Å²) in [5, 5.41) is 3.17. The number of amides is 1. The number of carbonyl (C=O) groups excluding carboxylic acids is 1. The summed E-state index contributed by atoms with van der Waals surface area (Å²) in [6, 6.07) is 7.31. The van der Waals surface area contributed by atoms with Crippen molar-refractivity contribution in [2.45, 2.75) is 33.2 Å². The molecule has 1 unspecified atom stereocenters. The lowest BCUT2D eigenvalue weighted by molar-refractivity contribution is 0.0741. The number of nitrogens with one attached hydrogen (secondary N) is 1. The zero-order valence-corrected chi connectivity index (χ0v) is 16.8. The minimum Gasteiger partial charge on any atom is -0.336 e. The Bertz CT molecular complexity index is 988. The molecule has 1 aliphatic rings. The van der Waals surface area contributed by atoms with Crippen molar-refractivity contribution in [1.29, 1.82) is 0 Å². The summed E-state index contributed by atoms with van der Waals surface area (Å²) in [5.41, 5.74) is 4.00. The molecular formula is C19H24N4O3S. The normalized spacial score (nSPS) is 18.3. The maximum atomic E-state index is 12.8. The first kappa shape index (κ1) is 19.3. The Labute approximate surface area is 159 Å². The number of aryl methyl sites for hydroxylation is 3. The molecule has 2 aromatic rings. The summed E-state index contributed by atoms with van der Waals surface area (Å²) in [6.45, 7) is 5.81. The molecule has 1 aromatic heterocycles. The van der Waals surface area contributed by atoms with Gasteiger partial charge < -0.3 is 10.2 Å². The maximum Gasteiger partial charge on any atom is 0.272 e. The summed E-state index contributed by atoms with van der Waals surface area (Å²) in [5.74, 6) is 0.175. The molecular weight excluding hydrogens is 364 g/mol. The van der Waals surface area contributed by atoms with Crippen LogP contribution in [0.2, 0.25) is 0 Å². The highest BCUT2D eigenvalue weighted by atomic mass is 32.2. The number of nitrogens with zero attached hydrogens (tertiary/aromatic N) is 3. The van der Waals surface area contributed by atoms with Crippen LogP contribution in [-0.2, 0) is 9.84 Å². The molecule has 1 amide bonds. The number of carbonyl (C=O) groups is 1. The van der Waals surface area contributed by atoms with E-state index in [1.165, 1.54) is 4.90 Å². The maximum absolute atomic E-state index is 12.8. The first-order valence-corrected chi connectivity index (χ1v) is 10.6. The van der Waals surface area contributed by atoms with Crippen molar-refractivity contribution in [3.8, 4) is 0 Å². The van der Waals surface area contributed by atoms with E-state index in [-0.39, 0.29) is 29.1 Å². The Balaban J connectivity index is 1.83. The van der Waals surface area contributed by atoms with Crippen molar-refractivity contribution in [2.75, 3.05) is 23.9 Å². The monoisotopic (exact) mass is 388 g/mol. The largest absolute Gasteiger partial charge is 0.336 e. The molecule has 1 saturated heterocycles. The molecule has 27 heavy (non-hydrogen) atoms. The van der Waals surface area contributed by atoms with Crippen LogP contribution in [0.3, 0.4) is 0 Å². The third kappa shape index (κ3) is 4.44. The van der Waals surface area contributed by atoms with Crippen LogP contribution < -0.4 is 5.32 Å². The molecule has 0 radical (unpaired) electrons. The van der Waals surface area contributed by atoms with Gasteiger partial charge in [0.2, 0.25) is 5.95 Å². The van der Waals surface area contributed by atoms with Crippen molar-refractivity contribution in [2.24, 2.45) is 0 Å². The van der Waals surface area contributed by atoms with Gasteiger partial charge in [-0.2, -0.15) is 0 Å². The van der Waals surface area contributed by atoms with Gasteiger partial charge in [-0.05, 0) is 44.9 Å². The zero-order valence-electron chi connectivity index (χ0n) is 16.0. The molecule has 0 spiro atoms.